The first-order chi connectivity index (χ1) is 12.2. The number of hydrogen-bond acceptors (Lipinski definition) is 3. The Kier molecular flexibility index (Phi) is 2.88. The van der Waals surface area contributed by atoms with Crippen molar-refractivity contribution < 1.29 is 8.98 Å². The lowest BCUT2D eigenvalue weighted by molar-refractivity contribution is -0.662. The fraction of sp³-hybridized carbons (Fsp3) is 0.0952. The number of benzene rings is 2. The molecule has 0 fully saturated rings. The Morgan fingerprint density at radius 3 is 2.64 bits per heavy atom. The lowest BCUT2D eigenvalue weighted by Gasteiger charge is -2.09. The first-order valence-electron chi connectivity index (χ1n) is 8.24. The maximum absolute atomic E-state index is 6.18. The van der Waals surface area contributed by atoms with Gasteiger partial charge in [-0.25, -0.2) is 9.55 Å². The molecule has 5 aromatic rings. The molecule has 3 heterocycles. The number of hydrogen-bond donors (Lipinski definition) is 0. The van der Waals surface area contributed by atoms with Gasteiger partial charge in [-0.1, -0.05) is 24.3 Å². The highest BCUT2D eigenvalue weighted by molar-refractivity contribution is 6.10. The molecule has 0 atom stereocenters. The van der Waals surface area contributed by atoms with E-state index in [1.807, 2.05) is 37.6 Å². The summed E-state index contributed by atoms with van der Waals surface area (Å²) in [7, 11) is 2.02. The van der Waals surface area contributed by atoms with Crippen molar-refractivity contribution in [3.05, 3.63) is 66.6 Å². The quantitative estimate of drug-likeness (QED) is 0.431. The monoisotopic (exact) mass is 326 g/mol. The van der Waals surface area contributed by atoms with Crippen molar-refractivity contribution in [2.24, 2.45) is 7.05 Å². The van der Waals surface area contributed by atoms with Crippen molar-refractivity contribution in [3.63, 3.8) is 0 Å². The van der Waals surface area contributed by atoms with Gasteiger partial charge in [0.05, 0.1) is 18.0 Å². The lowest BCUT2D eigenvalue weighted by atomic mass is 9.98. The molecule has 0 aliphatic heterocycles. The van der Waals surface area contributed by atoms with E-state index in [1.54, 1.807) is 6.20 Å². The molecule has 4 heteroatoms. The van der Waals surface area contributed by atoms with E-state index < -0.39 is 0 Å². The summed E-state index contributed by atoms with van der Waals surface area (Å²) in [5.41, 5.74) is 5.88. The number of aromatic nitrogens is 3. The van der Waals surface area contributed by atoms with Gasteiger partial charge < -0.3 is 4.42 Å². The van der Waals surface area contributed by atoms with Gasteiger partial charge in [-0.3, -0.25) is 0 Å². The average molecular weight is 326 g/mol. The van der Waals surface area contributed by atoms with Gasteiger partial charge in [-0.05, 0) is 41.7 Å². The summed E-state index contributed by atoms with van der Waals surface area (Å²) in [6, 6.07) is 16.5. The van der Waals surface area contributed by atoms with Crippen LogP contribution in [0.3, 0.4) is 0 Å². The van der Waals surface area contributed by atoms with Gasteiger partial charge in [0.2, 0.25) is 5.71 Å². The summed E-state index contributed by atoms with van der Waals surface area (Å²) < 4.78 is 8.24. The van der Waals surface area contributed by atoms with Crippen LogP contribution < -0.4 is 4.57 Å². The number of furan rings is 1. The Morgan fingerprint density at radius 1 is 0.880 bits per heavy atom. The van der Waals surface area contributed by atoms with Crippen molar-refractivity contribution >= 4 is 33.0 Å². The molecule has 0 amide bonds. The zero-order valence-corrected chi connectivity index (χ0v) is 14.0. The van der Waals surface area contributed by atoms with Crippen LogP contribution in [0.4, 0.5) is 0 Å². The molecular formula is C21H16N3O+. The van der Waals surface area contributed by atoms with E-state index in [1.165, 1.54) is 5.56 Å². The molecule has 5 rings (SSSR count). The Labute approximate surface area is 144 Å². The molecule has 0 saturated carbocycles. The van der Waals surface area contributed by atoms with Gasteiger partial charge in [0, 0.05) is 17.0 Å². The zero-order chi connectivity index (χ0) is 17.0. The van der Waals surface area contributed by atoms with Crippen LogP contribution in [0.15, 0.2) is 65.5 Å². The number of aryl methyl sites for hydroxylation is 2. The second-order valence-electron chi connectivity index (χ2n) is 6.31. The van der Waals surface area contributed by atoms with Crippen LogP contribution in [-0.4, -0.2) is 9.97 Å². The van der Waals surface area contributed by atoms with Gasteiger partial charge >= 0.3 is 0 Å². The Morgan fingerprint density at radius 2 is 1.72 bits per heavy atom. The third kappa shape index (κ3) is 1.97. The topological polar surface area (TPSA) is 42.8 Å². The molecule has 2 aromatic carbocycles. The molecular weight excluding hydrogens is 310 g/mol. The molecule has 0 saturated heterocycles. The van der Waals surface area contributed by atoms with Crippen LogP contribution in [0.2, 0.25) is 0 Å². The fourth-order valence-corrected chi connectivity index (χ4v) is 3.56. The van der Waals surface area contributed by atoms with E-state index in [9.17, 15) is 0 Å². The van der Waals surface area contributed by atoms with Crippen molar-refractivity contribution in [2.45, 2.75) is 6.92 Å². The number of nitrogens with zero attached hydrogens (tertiary/aromatic N) is 3. The average Bonchev–Trinajstić information content (AvgIpc) is 3.01. The van der Waals surface area contributed by atoms with Crippen molar-refractivity contribution in [2.75, 3.05) is 0 Å². The minimum absolute atomic E-state index is 0.672. The summed E-state index contributed by atoms with van der Waals surface area (Å²) >= 11 is 0. The SMILES string of the molecule is Cc1ccc2c(oc3ncccc32)c1-c1c2ccccc2nc[n+]1C. The minimum atomic E-state index is 0.672. The van der Waals surface area contributed by atoms with Crippen LogP contribution in [0, 0.1) is 6.92 Å². The Bertz CT molecular complexity index is 1270. The van der Waals surface area contributed by atoms with E-state index in [2.05, 4.69) is 45.7 Å². The van der Waals surface area contributed by atoms with E-state index in [0.29, 0.717) is 5.71 Å². The summed E-state index contributed by atoms with van der Waals surface area (Å²) in [4.78, 5) is 8.92. The molecule has 0 aliphatic rings. The maximum atomic E-state index is 6.18. The molecule has 0 aliphatic carbocycles. The highest BCUT2D eigenvalue weighted by atomic mass is 16.3. The molecule has 0 bridgehead atoms. The molecule has 0 radical (unpaired) electrons. The number of fused-ring (bicyclic) bond motifs is 4. The highest BCUT2D eigenvalue weighted by Gasteiger charge is 2.22. The van der Waals surface area contributed by atoms with Crippen LogP contribution in [0.1, 0.15) is 5.56 Å². The van der Waals surface area contributed by atoms with E-state index in [-0.39, 0.29) is 0 Å². The van der Waals surface area contributed by atoms with E-state index >= 15 is 0 Å². The van der Waals surface area contributed by atoms with Crippen LogP contribution >= 0.6 is 0 Å². The summed E-state index contributed by atoms with van der Waals surface area (Å²) in [6.07, 6.45) is 3.62. The van der Waals surface area contributed by atoms with Crippen molar-refractivity contribution in [1.82, 2.24) is 9.97 Å². The molecule has 0 N–H and O–H groups in total. The number of pyridine rings is 1. The third-order valence-corrected chi connectivity index (χ3v) is 4.74. The van der Waals surface area contributed by atoms with Crippen molar-refractivity contribution in [1.29, 1.82) is 0 Å². The molecule has 4 nitrogen and oxygen atoms in total. The highest BCUT2D eigenvalue weighted by Crippen LogP contribution is 2.37. The Balaban J connectivity index is 2.00. The summed E-state index contributed by atoms with van der Waals surface area (Å²) in [6.45, 7) is 2.12. The lowest BCUT2D eigenvalue weighted by Crippen LogP contribution is -2.31. The van der Waals surface area contributed by atoms with Crippen LogP contribution in [0.5, 0.6) is 0 Å². The van der Waals surface area contributed by atoms with Gasteiger partial charge in [0.25, 0.3) is 6.33 Å². The fourth-order valence-electron chi connectivity index (χ4n) is 3.56. The molecule has 0 spiro atoms. The standard InChI is InChI=1S/C21H16N3O/c1-13-9-10-14-15-7-5-11-22-21(15)25-20(14)18(13)19-16-6-3-4-8-17(16)23-12-24(19)2/h3-12H,1-2H3/q+1. The summed E-state index contributed by atoms with van der Waals surface area (Å²) in [5, 5.41) is 3.24. The first kappa shape index (κ1) is 14.1. The maximum Gasteiger partial charge on any atom is 0.287 e. The predicted octanol–water partition coefficient (Wildman–Crippen LogP) is 4.33. The number of rotatable bonds is 1. The van der Waals surface area contributed by atoms with Gasteiger partial charge in [-0.2, -0.15) is 0 Å². The second kappa shape index (κ2) is 5.11. The van der Waals surface area contributed by atoms with E-state index in [4.69, 9.17) is 4.42 Å². The van der Waals surface area contributed by atoms with Crippen LogP contribution in [0.25, 0.3) is 44.2 Å². The molecule has 0 unspecified atom stereocenters. The normalized spacial score (nSPS) is 11.6. The van der Waals surface area contributed by atoms with Crippen LogP contribution in [-0.2, 0) is 7.05 Å². The van der Waals surface area contributed by atoms with E-state index in [0.717, 1.165) is 38.5 Å². The van der Waals surface area contributed by atoms with Crippen molar-refractivity contribution in [3.8, 4) is 11.3 Å². The molecule has 120 valence electrons. The molecule has 25 heavy (non-hydrogen) atoms. The largest absolute Gasteiger partial charge is 0.437 e. The smallest absolute Gasteiger partial charge is 0.287 e. The second-order valence-corrected chi connectivity index (χ2v) is 6.31. The van der Waals surface area contributed by atoms with Gasteiger partial charge in [-0.15, -0.1) is 0 Å². The minimum Gasteiger partial charge on any atom is -0.437 e. The third-order valence-electron chi connectivity index (χ3n) is 4.74. The van der Waals surface area contributed by atoms with Gasteiger partial charge in [0.15, 0.2) is 5.52 Å². The Hall–Kier alpha value is -3.27. The molecule has 3 aromatic heterocycles. The predicted molar refractivity (Wildman–Crippen MR) is 98.2 cm³/mol. The first-order valence-corrected chi connectivity index (χ1v) is 8.24. The summed E-state index contributed by atoms with van der Waals surface area (Å²) in [5.74, 6) is 0. The number of para-hydroxylation sites is 1. The zero-order valence-electron chi connectivity index (χ0n) is 14.0. The van der Waals surface area contributed by atoms with Gasteiger partial charge in [0.1, 0.15) is 11.3 Å².